The SMILES string of the molecule is Cc1cccc(CN(C)C(=O)CC2(C(=O)O)CCCC2)n1. The van der Waals surface area contributed by atoms with Gasteiger partial charge in [-0.1, -0.05) is 18.9 Å². The second-order valence-electron chi connectivity index (χ2n) is 5.99. The number of aliphatic carboxylic acids is 1. The molecule has 0 aliphatic heterocycles. The largest absolute Gasteiger partial charge is 0.481 e. The summed E-state index contributed by atoms with van der Waals surface area (Å²) in [5.74, 6) is -0.960. The maximum atomic E-state index is 12.3. The number of aryl methyl sites for hydroxylation is 1. The van der Waals surface area contributed by atoms with E-state index < -0.39 is 11.4 Å². The highest BCUT2D eigenvalue weighted by atomic mass is 16.4. The molecule has 1 amide bonds. The predicted molar refractivity (Wildman–Crippen MR) is 78.6 cm³/mol. The van der Waals surface area contributed by atoms with Crippen molar-refractivity contribution >= 4 is 11.9 Å². The minimum absolute atomic E-state index is 0.0879. The first-order chi connectivity index (χ1) is 9.93. The fourth-order valence-corrected chi connectivity index (χ4v) is 2.96. The Morgan fingerprint density at radius 2 is 2.00 bits per heavy atom. The van der Waals surface area contributed by atoms with Crippen molar-refractivity contribution in [3.63, 3.8) is 0 Å². The van der Waals surface area contributed by atoms with Gasteiger partial charge in [0.1, 0.15) is 0 Å². The average Bonchev–Trinajstić information content (AvgIpc) is 2.88. The minimum Gasteiger partial charge on any atom is -0.481 e. The highest BCUT2D eigenvalue weighted by molar-refractivity contribution is 5.85. The first-order valence-corrected chi connectivity index (χ1v) is 7.33. The lowest BCUT2D eigenvalue weighted by Gasteiger charge is -2.26. The molecule has 2 rings (SSSR count). The molecule has 1 aliphatic rings. The van der Waals surface area contributed by atoms with E-state index in [0.717, 1.165) is 24.2 Å². The summed E-state index contributed by atoms with van der Waals surface area (Å²) < 4.78 is 0. The van der Waals surface area contributed by atoms with Crippen LogP contribution in [0.3, 0.4) is 0 Å². The summed E-state index contributed by atoms with van der Waals surface area (Å²) in [6.45, 7) is 2.32. The van der Waals surface area contributed by atoms with Crippen LogP contribution in [0.15, 0.2) is 18.2 Å². The van der Waals surface area contributed by atoms with Crippen LogP contribution in [0.1, 0.15) is 43.5 Å². The molecule has 1 aromatic rings. The third-order valence-electron chi connectivity index (χ3n) is 4.27. The third kappa shape index (κ3) is 3.60. The highest BCUT2D eigenvalue weighted by Gasteiger charge is 2.43. The van der Waals surface area contributed by atoms with Crippen molar-refractivity contribution in [3.05, 3.63) is 29.6 Å². The molecule has 0 bridgehead atoms. The topological polar surface area (TPSA) is 70.5 Å². The van der Waals surface area contributed by atoms with Crippen LogP contribution in [-0.2, 0) is 16.1 Å². The van der Waals surface area contributed by atoms with Gasteiger partial charge in [0.25, 0.3) is 0 Å². The molecular formula is C16H22N2O3. The van der Waals surface area contributed by atoms with Crippen molar-refractivity contribution < 1.29 is 14.7 Å². The standard InChI is InChI=1S/C16H22N2O3/c1-12-6-5-7-13(17-12)11-18(2)14(19)10-16(15(20)21)8-3-4-9-16/h5-7H,3-4,8-11H2,1-2H3,(H,20,21). The summed E-state index contributed by atoms with van der Waals surface area (Å²) in [7, 11) is 1.71. The van der Waals surface area contributed by atoms with E-state index in [-0.39, 0.29) is 12.3 Å². The number of carbonyl (C=O) groups excluding carboxylic acids is 1. The van der Waals surface area contributed by atoms with Gasteiger partial charge in [0, 0.05) is 19.2 Å². The minimum atomic E-state index is -0.856. The van der Waals surface area contributed by atoms with Gasteiger partial charge in [-0.05, 0) is 31.9 Å². The van der Waals surface area contributed by atoms with E-state index in [1.807, 2.05) is 25.1 Å². The lowest BCUT2D eigenvalue weighted by molar-refractivity contribution is -0.153. The Bertz CT molecular complexity index is 536. The maximum absolute atomic E-state index is 12.3. The Balaban J connectivity index is 2.01. The first kappa shape index (κ1) is 15.5. The van der Waals surface area contributed by atoms with Crippen LogP contribution >= 0.6 is 0 Å². The van der Waals surface area contributed by atoms with Crippen LogP contribution in [0.4, 0.5) is 0 Å². The van der Waals surface area contributed by atoms with Gasteiger partial charge in [0.2, 0.25) is 5.91 Å². The van der Waals surface area contributed by atoms with Crippen molar-refractivity contribution in [2.24, 2.45) is 5.41 Å². The van der Waals surface area contributed by atoms with Gasteiger partial charge < -0.3 is 10.0 Å². The fraction of sp³-hybridized carbons (Fsp3) is 0.562. The molecule has 1 aliphatic carbocycles. The van der Waals surface area contributed by atoms with Crippen molar-refractivity contribution in [2.45, 2.75) is 45.6 Å². The van der Waals surface area contributed by atoms with Crippen LogP contribution in [0.5, 0.6) is 0 Å². The van der Waals surface area contributed by atoms with Crippen molar-refractivity contribution in [1.29, 1.82) is 0 Å². The average molecular weight is 290 g/mol. The van der Waals surface area contributed by atoms with E-state index in [0.29, 0.717) is 19.4 Å². The first-order valence-electron chi connectivity index (χ1n) is 7.33. The summed E-state index contributed by atoms with van der Waals surface area (Å²) in [5.41, 5.74) is 0.874. The normalized spacial score (nSPS) is 16.7. The summed E-state index contributed by atoms with van der Waals surface area (Å²) in [5, 5.41) is 9.44. The molecule has 0 radical (unpaired) electrons. The zero-order valence-corrected chi connectivity index (χ0v) is 12.6. The summed E-state index contributed by atoms with van der Waals surface area (Å²) in [6, 6.07) is 5.69. The summed E-state index contributed by atoms with van der Waals surface area (Å²) >= 11 is 0. The molecular weight excluding hydrogens is 268 g/mol. The molecule has 0 unspecified atom stereocenters. The van der Waals surface area contributed by atoms with E-state index in [1.54, 1.807) is 11.9 Å². The molecule has 21 heavy (non-hydrogen) atoms. The second-order valence-corrected chi connectivity index (χ2v) is 5.99. The number of amides is 1. The molecule has 1 fully saturated rings. The Hall–Kier alpha value is -1.91. The highest BCUT2D eigenvalue weighted by Crippen LogP contribution is 2.41. The molecule has 1 heterocycles. The fourth-order valence-electron chi connectivity index (χ4n) is 2.96. The van der Waals surface area contributed by atoms with Crippen molar-refractivity contribution in [3.8, 4) is 0 Å². The van der Waals surface area contributed by atoms with Crippen LogP contribution in [0.25, 0.3) is 0 Å². The quantitative estimate of drug-likeness (QED) is 0.904. The van der Waals surface area contributed by atoms with E-state index in [9.17, 15) is 14.7 Å². The molecule has 1 N–H and O–H groups in total. The number of hydrogen-bond acceptors (Lipinski definition) is 3. The van der Waals surface area contributed by atoms with E-state index in [4.69, 9.17) is 0 Å². The summed E-state index contributed by atoms with van der Waals surface area (Å²) in [6.07, 6.45) is 3.07. The van der Waals surface area contributed by atoms with Gasteiger partial charge >= 0.3 is 5.97 Å². The number of rotatable bonds is 5. The Labute approximate surface area is 125 Å². The van der Waals surface area contributed by atoms with Gasteiger partial charge in [-0.3, -0.25) is 14.6 Å². The zero-order chi connectivity index (χ0) is 15.5. The predicted octanol–water partition coefficient (Wildman–Crippen LogP) is 2.38. The molecule has 1 saturated carbocycles. The number of carboxylic acid groups (broad SMARTS) is 1. The van der Waals surface area contributed by atoms with Crippen LogP contribution in [0.2, 0.25) is 0 Å². The number of aromatic nitrogens is 1. The van der Waals surface area contributed by atoms with Crippen LogP contribution in [0, 0.1) is 12.3 Å². The van der Waals surface area contributed by atoms with Gasteiger partial charge in [-0.25, -0.2) is 0 Å². The van der Waals surface area contributed by atoms with Gasteiger partial charge in [-0.15, -0.1) is 0 Å². The van der Waals surface area contributed by atoms with Crippen LogP contribution < -0.4 is 0 Å². The third-order valence-corrected chi connectivity index (χ3v) is 4.27. The number of nitrogens with zero attached hydrogens (tertiary/aromatic N) is 2. The molecule has 5 heteroatoms. The van der Waals surface area contributed by atoms with E-state index in [2.05, 4.69) is 4.98 Å². The zero-order valence-electron chi connectivity index (χ0n) is 12.6. The van der Waals surface area contributed by atoms with Crippen LogP contribution in [-0.4, -0.2) is 33.9 Å². The molecule has 0 atom stereocenters. The lowest BCUT2D eigenvalue weighted by atomic mass is 9.82. The second kappa shape index (κ2) is 6.24. The smallest absolute Gasteiger partial charge is 0.310 e. The van der Waals surface area contributed by atoms with Gasteiger partial charge in [-0.2, -0.15) is 0 Å². The summed E-state index contributed by atoms with van der Waals surface area (Å²) in [4.78, 5) is 29.8. The lowest BCUT2D eigenvalue weighted by Crippen LogP contribution is -2.36. The number of carbonyl (C=O) groups is 2. The van der Waals surface area contributed by atoms with E-state index in [1.165, 1.54) is 0 Å². The Morgan fingerprint density at radius 3 is 2.57 bits per heavy atom. The van der Waals surface area contributed by atoms with Gasteiger partial charge in [0.05, 0.1) is 17.7 Å². The monoisotopic (exact) mass is 290 g/mol. The Morgan fingerprint density at radius 1 is 1.33 bits per heavy atom. The maximum Gasteiger partial charge on any atom is 0.310 e. The molecule has 5 nitrogen and oxygen atoms in total. The van der Waals surface area contributed by atoms with Crippen molar-refractivity contribution in [1.82, 2.24) is 9.88 Å². The number of hydrogen-bond donors (Lipinski definition) is 1. The van der Waals surface area contributed by atoms with E-state index >= 15 is 0 Å². The number of carboxylic acids is 1. The number of pyridine rings is 1. The molecule has 0 spiro atoms. The molecule has 114 valence electrons. The van der Waals surface area contributed by atoms with Crippen molar-refractivity contribution in [2.75, 3.05) is 7.05 Å². The molecule has 1 aromatic heterocycles. The Kier molecular flexibility index (Phi) is 4.60. The molecule has 0 saturated heterocycles. The van der Waals surface area contributed by atoms with Gasteiger partial charge in [0.15, 0.2) is 0 Å². The molecule has 0 aromatic carbocycles.